The minimum Gasteiger partial charge on any atom is -0.345 e. The number of hydrogen-bond donors (Lipinski definition) is 0. The Morgan fingerprint density at radius 1 is 1.00 bits per heavy atom. The zero-order valence-electron chi connectivity index (χ0n) is 19.0. The van der Waals surface area contributed by atoms with E-state index in [0.29, 0.717) is 6.04 Å². The summed E-state index contributed by atoms with van der Waals surface area (Å²) < 4.78 is 0. The van der Waals surface area contributed by atoms with Crippen LogP contribution in [0.1, 0.15) is 73.4 Å². The Labute approximate surface area is 170 Å². The molecule has 0 saturated carbocycles. The van der Waals surface area contributed by atoms with Gasteiger partial charge in [0.2, 0.25) is 0 Å². The first kappa shape index (κ1) is 19.3. The van der Waals surface area contributed by atoms with Crippen molar-refractivity contribution in [3.8, 4) is 0 Å². The summed E-state index contributed by atoms with van der Waals surface area (Å²) in [7, 11) is 0. The van der Waals surface area contributed by atoms with Gasteiger partial charge >= 0.3 is 0 Å². The Hall–Kier alpha value is -2.03. The van der Waals surface area contributed by atoms with Gasteiger partial charge in [0.05, 0.1) is 5.69 Å². The fourth-order valence-corrected chi connectivity index (χ4v) is 5.01. The summed E-state index contributed by atoms with van der Waals surface area (Å²) in [5, 5.41) is 0. The minimum atomic E-state index is 0.0277. The first-order valence-electron chi connectivity index (χ1n) is 10.6. The van der Waals surface area contributed by atoms with E-state index >= 15 is 0 Å². The smallest absolute Gasteiger partial charge is 0.158 e. The molecule has 150 valence electrons. The van der Waals surface area contributed by atoms with Crippen LogP contribution in [0.5, 0.6) is 0 Å². The highest BCUT2D eigenvalue weighted by molar-refractivity contribution is 5.84. The average molecular weight is 378 g/mol. The van der Waals surface area contributed by atoms with Gasteiger partial charge in [-0.05, 0) is 48.6 Å². The van der Waals surface area contributed by atoms with Crippen molar-refractivity contribution in [3.63, 3.8) is 0 Å². The van der Waals surface area contributed by atoms with Gasteiger partial charge in [-0.3, -0.25) is 0 Å². The molecule has 0 fully saturated rings. The van der Waals surface area contributed by atoms with Crippen LogP contribution < -0.4 is 9.80 Å². The Morgan fingerprint density at radius 2 is 1.68 bits per heavy atom. The largest absolute Gasteiger partial charge is 0.345 e. The van der Waals surface area contributed by atoms with Crippen LogP contribution in [0.3, 0.4) is 0 Å². The van der Waals surface area contributed by atoms with E-state index in [2.05, 4.69) is 102 Å². The Bertz CT molecular complexity index is 918. The molecule has 1 unspecified atom stereocenters. The second-order valence-electron chi connectivity index (χ2n) is 10.9. The molecule has 0 spiro atoms. The fraction of sp³-hybridized carbons (Fsp3) is 0.560. The molecule has 3 heterocycles. The molecule has 4 rings (SSSR count). The molecule has 0 radical (unpaired) electrons. The number of pyridine rings is 1. The molecule has 0 N–H and O–H groups in total. The molecule has 1 aromatic heterocycles. The van der Waals surface area contributed by atoms with Crippen LogP contribution in [0, 0.1) is 5.41 Å². The van der Waals surface area contributed by atoms with Crippen LogP contribution in [0.4, 0.5) is 17.2 Å². The normalized spacial score (nSPS) is 22.1. The third kappa shape index (κ3) is 2.38. The van der Waals surface area contributed by atoms with E-state index in [1.807, 2.05) is 6.20 Å². The maximum absolute atomic E-state index is 4.84. The number of anilines is 3. The highest BCUT2D eigenvalue weighted by Crippen LogP contribution is 2.60. The van der Waals surface area contributed by atoms with Crippen LogP contribution in [0.25, 0.3) is 0 Å². The minimum absolute atomic E-state index is 0.0277. The average Bonchev–Trinajstić information content (AvgIpc) is 2.95. The summed E-state index contributed by atoms with van der Waals surface area (Å²) in [6.45, 7) is 21.2. The summed E-state index contributed by atoms with van der Waals surface area (Å²) in [6.07, 6.45) is 2.18. The van der Waals surface area contributed by atoms with E-state index < -0.39 is 0 Å². The maximum atomic E-state index is 4.84. The van der Waals surface area contributed by atoms with Gasteiger partial charge in [0, 0.05) is 28.8 Å². The van der Waals surface area contributed by atoms with Gasteiger partial charge in [0.1, 0.15) is 6.17 Å². The van der Waals surface area contributed by atoms with E-state index in [1.165, 1.54) is 22.5 Å². The summed E-state index contributed by atoms with van der Waals surface area (Å²) in [5.41, 5.74) is 5.58. The second kappa shape index (κ2) is 5.75. The van der Waals surface area contributed by atoms with E-state index in [4.69, 9.17) is 4.98 Å². The summed E-state index contributed by atoms with van der Waals surface area (Å²) in [5.74, 6) is 1.09. The van der Waals surface area contributed by atoms with Gasteiger partial charge in [-0.1, -0.05) is 60.6 Å². The van der Waals surface area contributed by atoms with Crippen molar-refractivity contribution in [2.45, 2.75) is 85.4 Å². The molecule has 3 heteroatoms. The van der Waals surface area contributed by atoms with E-state index in [1.54, 1.807) is 0 Å². The molecule has 28 heavy (non-hydrogen) atoms. The Kier molecular flexibility index (Phi) is 3.96. The van der Waals surface area contributed by atoms with Gasteiger partial charge in [0.15, 0.2) is 5.82 Å². The molecule has 2 aromatic rings. The molecule has 1 aromatic carbocycles. The topological polar surface area (TPSA) is 19.4 Å². The van der Waals surface area contributed by atoms with E-state index in [0.717, 1.165) is 5.82 Å². The lowest BCUT2D eigenvalue weighted by molar-refractivity contribution is 0.137. The van der Waals surface area contributed by atoms with Crippen LogP contribution >= 0.6 is 0 Å². The van der Waals surface area contributed by atoms with Crippen molar-refractivity contribution in [2.24, 2.45) is 5.41 Å². The van der Waals surface area contributed by atoms with Gasteiger partial charge in [-0.25, -0.2) is 4.98 Å². The first-order chi connectivity index (χ1) is 12.9. The molecular formula is C25H35N3. The molecule has 0 saturated heterocycles. The molecule has 3 nitrogen and oxygen atoms in total. The van der Waals surface area contributed by atoms with Crippen molar-refractivity contribution in [3.05, 3.63) is 47.7 Å². The number of benzene rings is 1. The number of fused-ring (bicyclic) bond motifs is 5. The summed E-state index contributed by atoms with van der Waals surface area (Å²) in [6, 6.07) is 11.8. The van der Waals surface area contributed by atoms with Gasteiger partial charge < -0.3 is 9.80 Å². The van der Waals surface area contributed by atoms with Crippen LogP contribution in [-0.4, -0.2) is 17.2 Å². The van der Waals surface area contributed by atoms with Gasteiger partial charge in [-0.2, -0.15) is 0 Å². The first-order valence-corrected chi connectivity index (χ1v) is 10.6. The van der Waals surface area contributed by atoms with Gasteiger partial charge in [-0.15, -0.1) is 0 Å². The lowest BCUT2D eigenvalue weighted by Gasteiger charge is -2.57. The zero-order valence-corrected chi connectivity index (χ0v) is 19.0. The molecule has 0 bridgehead atoms. The van der Waals surface area contributed by atoms with Crippen molar-refractivity contribution >= 4 is 17.2 Å². The van der Waals surface area contributed by atoms with Crippen LogP contribution in [0.2, 0.25) is 0 Å². The third-order valence-electron chi connectivity index (χ3n) is 7.39. The Balaban J connectivity index is 2.03. The SMILES string of the molecule is CC(C)N1c2cccnc2N2c3ccc(C(C)(C)C)cc3C(C)(C)C(C)(C)C21. The molecule has 2 aliphatic rings. The molecule has 2 aliphatic heterocycles. The maximum Gasteiger partial charge on any atom is 0.158 e. The molecular weight excluding hydrogens is 342 g/mol. The van der Waals surface area contributed by atoms with Crippen molar-refractivity contribution in [1.29, 1.82) is 0 Å². The number of hydrogen-bond acceptors (Lipinski definition) is 3. The van der Waals surface area contributed by atoms with E-state index in [9.17, 15) is 0 Å². The Morgan fingerprint density at radius 3 is 2.29 bits per heavy atom. The van der Waals surface area contributed by atoms with Crippen molar-refractivity contribution < 1.29 is 0 Å². The summed E-state index contributed by atoms with van der Waals surface area (Å²) >= 11 is 0. The number of aromatic nitrogens is 1. The third-order valence-corrected chi connectivity index (χ3v) is 7.39. The van der Waals surface area contributed by atoms with Crippen molar-refractivity contribution in [1.82, 2.24) is 4.98 Å². The predicted molar refractivity (Wildman–Crippen MR) is 120 cm³/mol. The second-order valence-corrected chi connectivity index (χ2v) is 10.9. The summed E-state index contributed by atoms with van der Waals surface area (Å²) in [4.78, 5) is 9.92. The number of nitrogens with zero attached hydrogens (tertiary/aromatic N) is 3. The zero-order chi connectivity index (χ0) is 20.6. The standard InChI is InChI=1S/C25H35N3/c1-16(2)27-20-11-10-14-26-21(20)28-19-13-12-17(23(3,4)5)15-18(19)24(6,7)25(8,9)22(27)28/h10-16,22H,1-9H3. The number of rotatable bonds is 1. The quantitative estimate of drug-likeness (QED) is 0.574. The lowest BCUT2D eigenvalue weighted by Crippen LogP contribution is -2.62. The van der Waals surface area contributed by atoms with E-state index in [-0.39, 0.29) is 22.4 Å². The van der Waals surface area contributed by atoms with Gasteiger partial charge in [0.25, 0.3) is 0 Å². The van der Waals surface area contributed by atoms with Crippen LogP contribution in [-0.2, 0) is 10.8 Å². The van der Waals surface area contributed by atoms with Crippen LogP contribution in [0.15, 0.2) is 36.5 Å². The predicted octanol–water partition coefficient (Wildman–Crippen LogP) is 6.39. The molecule has 0 amide bonds. The van der Waals surface area contributed by atoms with Crippen molar-refractivity contribution in [2.75, 3.05) is 9.80 Å². The highest BCUT2D eigenvalue weighted by Gasteiger charge is 2.58. The lowest BCUT2D eigenvalue weighted by atomic mass is 9.59. The molecule has 1 atom stereocenters. The molecule has 0 aliphatic carbocycles. The highest BCUT2D eigenvalue weighted by atomic mass is 15.5. The fourth-order valence-electron chi connectivity index (χ4n) is 5.01. The monoisotopic (exact) mass is 377 g/mol.